The van der Waals surface area contributed by atoms with Crippen molar-refractivity contribution in [2.24, 2.45) is 0 Å². The summed E-state index contributed by atoms with van der Waals surface area (Å²) in [4.78, 5) is 41.9. The molecule has 2 aromatic carbocycles. The number of carbonyl (C=O) groups is 3. The molecule has 266 valence electrons. The highest BCUT2D eigenvalue weighted by molar-refractivity contribution is 7.92. The number of hydrogen-bond donors (Lipinski definition) is 2. The highest BCUT2D eigenvalue weighted by Gasteiger charge is 2.48. The molecule has 0 spiro atoms. The third kappa shape index (κ3) is 9.41. The number of benzene rings is 2. The minimum atomic E-state index is -4.09. The molecule has 4 rings (SSSR count). The monoisotopic (exact) mass is 716 g/mol. The lowest BCUT2D eigenvalue weighted by Gasteiger charge is -2.45. The van der Waals surface area contributed by atoms with E-state index in [0.717, 1.165) is 0 Å². The van der Waals surface area contributed by atoms with Gasteiger partial charge < -0.3 is 29.7 Å². The third-order valence-electron chi connectivity index (χ3n) is 8.24. The Morgan fingerprint density at radius 2 is 1.76 bits per heavy atom. The number of ether oxygens (including phenoxy) is 3. The molecule has 49 heavy (non-hydrogen) atoms. The number of morpholine rings is 1. The molecule has 0 radical (unpaired) electrons. The smallest absolute Gasteiger partial charge is 0.410 e. The summed E-state index contributed by atoms with van der Waals surface area (Å²) in [5.41, 5.74) is -2.53. The molecule has 1 atom stereocenters. The lowest BCUT2D eigenvalue weighted by molar-refractivity contribution is -0.161. The van der Waals surface area contributed by atoms with Gasteiger partial charge in [-0.3, -0.25) is 13.9 Å². The average molecular weight is 717 g/mol. The Kier molecular flexibility index (Phi) is 12.2. The fraction of sp³-hybridized carbons (Fsp3) is 0.457. The number of amides is 3. The molecule has 0 saturated carbocycles. The van der Waals surface area contributed by atoms with Crippen LogP contribution in [-0.4, -0.2) is 94.0 Å². The summed E-state index contributed by atoms with van der Waals surface area (Å²) >= 11 is 6.01. The summed E-state index contributed by atoms with van der Waals surface area (Å²) in [5.74, 6) is -0.973. The van der Waals surface area contributed by atoms with E-state index >= 15 is 0 Å². The standard InChI is InChI=1S/C35H45ClN4O8S/c1-6-15-35(25-39(19-22-47-35)32(43)48-33(3,4)5)31(42)38-34(16-20-46-21-17-34)24-37-30(41)26-9-8-10-29(23-26)49(44,45)40(18-7-2)28-13-11-27(36)12-14-28/h6-14,23H,1-2,15-22,24-25H2,3-5H3,(H,37,41)(H,38,42). The van der Waals surface area contributed by atoms with E-state index in [1.807, 2.05) is 0 Å². The summed E-state index contributed by atoms with van der Waals surface area (Å²) in [5, 5.41) is 6.47. The van der Waals surface area contributed by atoms with Gasteiger partial charge in [-0.05, 0) is 76.1 Å². The van der Waals surface area contributed by atoms with Gasteiger partial charge in [-0.1, -0.05) is 29.8 Å². The third-order valence-corrected chi connectivity index (χ3v) is 10.3. The minimum Gasteiger partial charge on any atom is -0.444 e. The molecular weight excluding hydrogens is 672 g/mol. The summed E-state index contributed by atoms with van der Waals surface area (Å²) in [6, 6.07) is 12.1. The topological polar surface area (TPSA) is 144 Å². The van der Waals surface area contributed by atoms with Crippen LogP contribution in [0.3, 0.4) is 0 Å². The molecule has 2 fully saturated rings. The fourth-order valence-corrected chi connectivity index (χ4v) is 7.27. The first kappa shape index (κ1) is 37.9. The zero-order valence-corrected chi connectivity index (χ0v) is 29.8. The first-order valence-electron chi connectivity index (χ1n) is 16.0. The number of halogens is 1. The Labute approximate surface area is 293 Å². The van der Waals surface area contributed by atoms with E-state index in [9.17, 15) is 22.8 Å². The van der Waals surface area contributed by atoms with Gasteiger partial charge in [0.25, 0.3) is 21.8 Å². The van der Waals surface area contributed by atoms with Gasteiger partial charge in [0.1, 0.15) is 5.60 Å². The summed E-state index contributed by atoms with van der Waals surface area (Å²) in [7, 11) is -4.09. The molecule has 14 heteroatoms. The molecule has 12 nitrogen and oxygen atoms in total. The maximum absolute atomic E-state index is 14.1. The first-order chi connectivity index (χ1) is 23.1. The normalized spacial score (nSPS) is 19.3. The van der Waals surface area contributed by atoms with Gasteiger partial charge in [-0.25, -0.2) is 13.2 Å². The van der Waals surface area contributed by atoms with Gasteiger partial charge in [-0.2, -0.15) is 0 Å². The fourth-order valence-electron chi connectivity index (χ4n) is 5.66. The van der Waals surface area contributed by atoms with Crippen molar-refractivity contribution in [3.8, 4) is 0 Å². The second kappa shape index (κ2) is 15.8. The van der Waals surface area contributed by atoms with Crippen molar-refractivity contribution in [3.05, 3.63) is 84.4 Å². The van der Waals surface area contributed by atoms with Crippen molar-refractivity contribution in [3.63, 3.8) is 0 Å². The molecule has 1 unspecified atom stereocenters. The van der Waals surface area contributed by atoms with E-state index in [1.54, 1.807) is 51.1 Å². The lowest BCUT2D eigenvalue weighted by Crippen LogP contribution is -2.67. The Morgan fingerprint density at radius 1 is 1.06 bits per heavy atom. The Morgan fingerprint density at radius 3 is 2.39 bits per heavy atom. The molecule has 0 aliphatic carbocycles. The van der Waals surface area contributed by atoms with Crippen LogP contribution in [-0.2, 0) is 29.0 Å². The highest BCUT2D eigenvalue weighted by atomic mass is 35.5. The van der Waals surface area contributed by atoms with E-state index in [2.05, 4.69) is 23.8 Å². The van der Waals surface area contributed by atoms with Gasteiger partial charge in [0.2, 0.25) is 0 Å². The zero-order valence-electron chi connectivity index (χ0n) is 28.2. The summed E-state index contributed by atoms with van der Waals surface area (Å²) in [6.07, 6.45) is 3.42. The van der Waals surface area contributed by atoms with Crippen molar-refractivity contribution in [2.75, 3.05) is 50.3 Å². The van der Waals surface area contributed by atoms with E-state index < -0.39 is 44.7 Å². The Hall–Kier alpha value is -3.91. The first-order valence-corrected chi connectivity index (χ1v) is 17.9. The van der Waals surface area contributed by atoms with Gasteiger partial charge in [0.05, 0.1) is 35.8 Å². The van der Waals surface area contributed by atoms with Crippen molar-refractivity contribution >= 4 is 45.2 Å². The Bertz CT molecular complexity index is 1640. The number of sulfonamides is 1. The van der Waals surface area contributed by atoms with Crippen molar-refractivity contribution in [1.29, 1.82) is 0 Å². The van der Waals surface area contributed by atoms with Crippen LogP contribution in [0.15, 0.2) is 78.7 Å². The van der Waals surface area contributed by atoms with Crippen LogP contribution in [0.4, 0.5) is 10.5 Å². The molecule has 0 aromatic heterocycles. The number of nitrogens with zero attached hydrogens (tertiary/aromatic N) is 2. The number of nitrogens with one attached hydrogen (secondary N) is 2. The SMILES string of the molecule is C=CCN(c1ccc(Cl)cc1)S(=O)(=O)c1cccc(C(=O)NCC2(NC(=O)C3(CC=C)CN(C(=O)OC(C)(C)C)CCO3)CCOCC2)c1. The van der Waals surface area contributed by atoms with Crippen LogP contribution in [0.25, 0.3) is 0 Å². The maximum Gasteiger partial charge on any atom is 0.410 e. The predicted molar refractivity (Wildman–Crippen MR) is 187 cm³/mol. The number of hydrogen-bond acceptors (Lipinski definition) is 8. The second-order valence-corrected chi connectivity index (χ2v) is 15.4. The van der Waals surface area contributed by atoms with Crippen molar-refractivity contribution in [1.82, 2.24) is 15.5 Å². The van der Waals surface area contributed by atoms with E-state index in [4.69, 9.17) is 25.8 Å². The highest BCUT2D eigenvalue weighted by Crippen LogP contribution is 2.29. The minimum absolute atomic E-state index is 0.00271. The number of rotatable bonds is 12. The van der Waals surface area contributed by atoms with E-state index in [1.165, 1.54) is 39.5 Å². The van der Waals surface area contributed by atoms with Crippen LogP contribution in [0.2, 0.25) is 5.02 Å². The molecule has 2 aliphatic heterocycles. The predicted octanol–water partition coefficient (Wildman–Crippen LogP) is 4.70. The zero-order chi connectivity index (χ0) is 35.9. The molecule has 0 bridgehead atoms. The maximum atomic E-state index is 14.1. The van der Waals surface area contributed by atoms with Crippen molar-refractivity contribution in [2.45, 2.75) is 61.7 Å². The quantitative estimate of drug-likeness (QED) is 0.301. The molecule has 2 saturated heterocycles. The van der Waals surface area contributed by atoms with Crippen LogP contribution < -0.4 is 14.9 Å². The molecule has 3 amide bonds. The van der Waals surface area contributed by atoms with Crippen LogP contribution >= 0.6 is 11.6 Å². The lowest BCUT2D eigenvalue weighted by atomic mass is 9.87. The number of anilines is 1. The Balaban J connectivity index is 1.52. The van der Waals surface area contributed by atoms with Gasteiger partial charge in [0, 0.05) is 43.3 Å². The molecule has 2 aromatic rings. The number of carbonyl (C=O) groups excluding carboxylic acids is 3. The van der Waals surface area contributed by atoms with E-state index in [-0.39, 0.29) is 49.7 Å². The van der Waals surface area contributed by atoms with Gasteiger partial charge >= 0.3 is 6.09 Å². The average Bonchev–Trinajstić information content (AvgIpc) is 3.06. The van der Waals surface area contributed by atoms with Crippen LogP contribution in [0.1, 0.15) is 50.4 Å². The van der Waals surface area contributed by atoms with Gasteiger partial charge in [0.15, 0.2) is 5.60 Å². The second-order valence-electron chi connectivity index (χ2n) is 13.1. The largest absolute Gasteiger partial charge is 0.444 e. The summed E-state index contributed by atoms with van der Waals surface area (Å²) in [6.45, 7) is 13.9. The molecule has 2 aliphatic rings. The molecular formula is C35H45ClN4O8S. The van der Waals surface area contributed by atoms with Crippen molar-refractivity contribution < 1.29 is 37.0 Å². The molecule has 2 N–H and O–H groups in total. The van der Waals surface area contributed by atoms with E-state index in [0.29, 0.717) is 36.8 Å². The molecule has 2 heterocycles. The van der Waals surface area contributed by atoms with Gasteiger partial charge in [-0.15, -0.1) is 13.2 Å². The van der Waals surface area contributed by atoms with Crippen LogP contribution in [0.5, 0.6) is 0 Å². The summed E-state index contributed by atoms with van der Waals surface area (Å²) < 4.78 is 45.8. The van der Waals surface area contributed by atoms with Crippen LogP contribution in [0, 0.1) is 0 Å².